The molecule has 9 nitrogen and oxygen atoms in total. The molecule has 0 spiro atoms. The Bertz CT molecular complexity index is 1460. The summed E-state index contributed by atoms with van der Waals surface area (Å²) < 4.78 is 0. The van der Waals surface area contributed by atoms with Crippen molar-refractivity contribution in [3.63, 3.8) is 0 Å². The van der Waals surface area contributed by atoms with Gasteiger partial charge in [-0.15, -0.1) is 0 Å². The van der Waals surface area contributed by atoms with Crippen LogP contribution < -0.4 is 10.5 Å². The number of rotatable bonds is 3. The van der Waals surface area contributed by atoms with E-state index in [4.69, 9.17) is 0 Å². The van der Waals surface area contributed by atoms with E-state index >= 15 is 0 Å². The van der Waals surface area contributed by atoms with Gasteiger partial charge in [-0.3, -0.25) is 24.5 Å². The molecule has 1 aliphatic heterocycles. The maximum atomic E-state index is 12.8. The van der Waals surface area contributed by atoms with E-state index in [1.165, 1.54) is 30.3 Å². The number of hydrogen-bond donors (Lipinski definition) is 1. The Balaban J connectivity index is 1.68. The summed E-state index contributed by atoms with van der Waals surface area (Å²) in [6, 6.07) is 17.1. The second kappa shape index (κ2) is 6.70. The maximum absolute atomic E-state index is 12.8. The van der Waals surface area contributed by atoms with Gasteiger partial charge in [-0.05, 0) is 24.3 Å². The Labute approximate surface area is 173 Å². The predicted molar refractivity (Wildman–Crippen MR) is 112 cm³/mol. The normalized spacial score (nSPS) is 13.0. The molecule has 31 heavy (non-hydrogen) atoms. The van der Waals surface area contributed by atoms with Crippen molar-refractivity contribution in [3.8, 4) is 11.3 Å². The molecule has 0 fully saturated rings. The van der Waals surface area contributed by atoms with E-state index < -0.39 is 22.4 Å². The second-order valence-electron chi connectivity index (χ2n) is 6.90. The first-order valence-corrected chi connectivity index (χ1v) is 9.21. The van der Waals surface area contributed by atoms with Crippen LogP contribution in [0.4, 0.5) is 11.4 Å². The number of aromatic amines is 1. The molecule has 1 aliphatic rings. The summed E-state index contributed by atoms with van der Waals surface area (Å²) in [5.41, 5.74) is 0.152. The molecule has 2 heterocycles. The molecule has 150 valence electrons. The molecule has 9 heteroatoms. The molecule has 0 saturated heterocycles. The highest BCUT2D eigenvalue weighted by atomic mass is 16.6. The SMILES string of the molecule is O=C1c2ccccc2C(=O)N1c1ccc(-c2n[nH]c(=O)c3ccccc23)cc1[N+](=O)[O-]. The molecule has 4 aromatic rings. The molecular formula is C22H12N4O5. The smallest absolute Gasteiger partial charge is 0.268 e. The van der Waals surface area contributed by atoms with Crippen molar-refractivity contribution in [2.75, 3.05) is 4.90 Å². The highest BCUT2D eigenvalue weighted by Gasteiger charge is 2.39. The quantitative estimate of drug-likeness (QED) is 0.313. The number of fused-ring (bicyclic) bond motifs is 2. The van der Waals surface area contributed by atoms with Crippen LogP contribution in [0.15, 0.2) is 71.5 Å². The van der Waals surface area contributed by atoms with Crippen LogP contribution in [0.25, 0.3) is 22.0 Å². The standard InChI is InChI=1S/C22H12N4O5/c27-20-14-6-2-1-5-13(14)19(23-24-20)12-9-10-17(18(11-12)26(30)31)25-21(28)15-7-3-4-8-16(15)22(25)29/h1-11H,(H,24,27). The fraction of sp³-hybridized carbons (Fsp3) is 0. The second-order valence-corrected chi connectivity index (χ2v) is 6.90. The first kappa shape index (κ1) is 18.4. The van der Waals surface area contributed by atoms with Gasteiger partial charge >= 0.3 is 0 Å². The number of H-pyrrole nitrogens is 1. The Morgan fingerprint density at radius 1 is 0.839 bits per heavy atom. The highest BCUT2D eigenvalue weighted by molar-refractivity contribution is 6.35. The third-order valence-corrected chi connectivity index (χ3v) is 5.18. The van der Waals surface area contributed by atoms with Crippen LogP contribution >= 0.6 is 0 Å². The van der Waals surface area contributed by atoms with Crippen LogP contribution in [0.5, 0.6) is 0 Å². The van der Waals surface area contributed by atoms with Gasteiger partial charge in [0.1, 0.15) is 5.69 Å². The van der Waals surface area contributed by atoms with Gasteiger partial charge in [-0.2, -0.15) is 5.10 Å². The van der Waals surface area contributed by atoms with Crippen molar-refractivity contribution in [3.05, 3.63) is 98.3 Å². The first-order chi connectivity index (χ1) is 15.0. The third kappa shape index (κ3) is 2.71. The van der Waals surface area contributed by atoms with Gasteiger partial charge in [0.25, 0.3) is 23.1 Å². The monoisotopic (exact) mass is 412 g/mol. The molecule has 5 rings (SSSR count). The minimum absolute atomic E-state index is 0.131. The van der Waals surface area contributed by atoms with Gasteiger partial charge in [0.05, 0.1) is 27.1 Å². The van der Waals surface area contributed by atoms with E-state index in [2.05, 4.69) is 10.2 Å². The number of aromatic nitrogens is 2. The Morgan fingerprint density at radius 3 is 2.10 bits per heavy atom. The lowest BCUT2D eigenvalue weighted by molar-refractivity contribution is -0.384. The molecule has 2 amide bonds. The third-order valence-electron chi connectivity index (χ3n) is 5.18. The molecular weight excluding hydrogens is 400 g/mol. The highest BCUT2D eigenvalue weighted by Crippen LogP contribution is 2.38. The number of nitro groups is 1. The van der Waals surface area contributed by atoms with Gasteiger partial charge in [0.2, 0.25) is 0 Å². The summed E-state index contributed by atoms with van der Waals surface area (Å²) in [5.74, 6) is -1.24. The number of imide groups is 1. The summed E-state index contributed by atoms with van der Waals surface area (Å²) in [6.45, 7) is 0. The Hall–Kier alpha value is -4.66. The van der Waals surface area contributed by atoms with Gasteiger partial charge in [0, 0.05) is 17.0 Å². The lowest BCUT2D eigenvalue weighted by atomic mass is 10.0. The van der Waals surface area contributed by atoms with Crippen molar-refractivity contribution in [2.45, 2.75) is 0 Å². The maximum Gasteiger partial charge on any atom is 0.294 e. The van der Waals surface area contributed by atoms with Crippen molar-refractivity contribution < 1.29 is 14.5 Å². The first-order valence-electron chi connectivity index (χ1n) is 9.21. The van der Waals surface area contributed by atoms with Gasteiger partial charge in [-0.25, -0.2) is 10.00 Å². The van der Waals surface area contributed by atoms with E-state index in [0.717, 1.165) is 4.90 Å². The summed E-state index contributed by atoms with van der Waals surface area (Å²) in [5, 5.41) is 19.2. The summed E-state index contributed by atoms with van der Waals surface area (Å²) in [6.07, 6.45) is 0. The fourth-order valence-corrected chi connectivity index (χ4v) is 3.75. The van der Waals surface area contributed by atoms with E-state index in [1.54, 1.807) is 36.4 Å². The van der Waals surface area contributed by atoms with Gasteiger partial charge in [-0.1, -0.05) is 36.4 Å². The van der Waals surface area contributed by atoms with Crippen LogP contribution in [0, 0.1) is 10.1 Å². The molecule has 0 radical (unpaired) electrons. The predicted octanol–water partition coefficient (Wildman–Crippen LogP) is 3.30. The molecule has 0 saturated carbocycles. The van der Waals surface area contributed by atoms with Crippen LogP contribution in [0.3, 0.4) is 0 Å². The number of carbonyl (C=O) groups excluding carboxylic acids is 2. The lowest BCUT2D eigenvalue weighted by Gasteiger charge is -2.15. The topological polar surface area (TPSA) is 126 Å². The molecule has 1 aromatic heterocycles. The molecule has 1 N–H and O–H groups in total. The molecule has 0 aliphatic carbocycles. The molecule has 0 unspecified atom stereocenters. The zero-order valence-electron chi connectivity index (χ0n) is 15.7. The lowest BCUT2D eigenvalue weighted by Crippen LogP contribution is -2.30. The Morgan fingerprint density at radius 2 is 1.45 bits per heavy atom. The number of hydrogen-bond acceptors (Lipinski definition) is 6. The summed E-state index contributed by atoms with van der Waals surface area (Å²) in [7, 11) is 0. The molecule has 0 bridgehead atoms. The fourth-order valence-electron chi connectivity index (χ4n) is 3.75. The summed E-state index contributed by atoms with van der Waals surface area (Å²) >= 11 is 0. The van der Waals surface area contributed by atoms with Crippen molar-refractivity contribution in [1.82, 2.24) is 10.2 Å². The van der Waals surface area contributed by atoms with Crippen LogP contribution in [0.2, 0.25) is 0 Å². The number of anilines is 1. The van der Waals surface area contributed by atoms with Crippen molar-refractivity contribution in [1.29, 1.82) is 0 Å². The van der Waals surface area contributed by atoms with E-state index in [9.17, 15) is 24.5 Å². The number of carbonyl (C=O) groups is 2. The number of amides is 2. The van der Waals surface area contributed by atoms with Gasteiger partial charge < -0.3 is 0 Å². The molecule has 3 aromatic carbocycles. The van der Waals surface area contributed by atoms with Crippen molar-refractivity contribution in [2.24, 2.45) is 0 Å². The van der Waals surface area contributed by atoms with E-state index in [0.29, 0.717) is 22.0 Å². The number of nitrogens with one attached hydrogen (secondary N) is 1. The average Bonchev–Trinajstić information content (AvgIpc) is 3.04. The number of benzene rings is 3. The van der Waals surface area contributed by atoms with Crippen molar-refractivity contribution >= 4 is 34.0 Å². The van der Waals surface area contributed by atoms with Crippen LogP contribution in [0.1, 0.15) is 20.7 Å². The van der Waals surface area contributed by atoms with Crippen LogP contribution in [-0.4, -0.2) is 26.9 Å². The minimum Gasteiger partial charge on any atom is -0.268 e. The minimum atomic E-state index is -0.656. The molecule has 0 atom stereocenters. The van der Waals surface area contributed by atoms with Gasteiger partial charge in [0.15, 0.2) is 0 Å². The zero-order valence-corrected chi connectivity index (χ0v) is 15.7. The average molecular weight is 412 g/mol. The largest absolute Gasteiger partial charge is 0.294 e. The number of nitrogens with zero attached hydrogens (tertiary/aromatic N) is 3. The summed E-state index contributed by atoms with van der Waals surface area (Å²) in [4.78, 5) is 49.6. The Kier molecular flexibility index (Phi) is 3.97. The number of nitro benzene ring substituents is 1. The van der Waals surface area contributed by atoms with E-state index in [-0.39, 0.29) is 22.4 Å². The zero-order chi connectivity index (χ0) is 21.7. The van der Waals surface area contributed by atoms with Crippen LogP contribution in [-0.2, 0) is 0 Å². The van der Waals surface area contributed by atoms with E-state index in [1.807, 2.05) is 0 Å².